The van der Waals surface area contributed by atoms with Crippen molar-refractivity contribution in [1.82, 2.24) is 0 Å². The normalized spacial score (nSPS) is 29.9. The monoisotopic (exact) mass is 583 g/mol. The van der Waals surface area contributed by atoms with E-state index >= 15 is 0 Å². The molecule has 0 aromatic heterocycles. The quantitative estimate of drug-likeness (QED) is 0.427. The van der Waals surface area contributed by atoms with Gasteiger partial charge in [0.2, 0.25) is 0 Å². The molecule has 0 unspecified atom stereocenters. The van der Waals surface area contributed by atoms with Crippen LogP contribution in [0.5, 0.6) is 5.75 Å². The van der Waals surface area contributed by atoms with Crippen LogP contribution in [0, 0.1) is 11.8 Å². The van der Waals surface area contributed by atoms with Gasteiger partial charge in [0.25, 0.3) is 0 Å². The van der Waals surface area contributed by atoms with Crippen LogP contribution < -0.4 is 9.64 Å². The van der Waals surface area contributed by atoms with Gasteiger partial charge in [-0.05, 0) is 98.7 Å². The van der Waals surface area contributed by atoms with Crippen molar-refractivity contribution in [3.63, 3.8) is 0 Å². The molecule has 2 aromatic rings. The van der Waals surface area contributed by atoms with E-state index in [1.165, 1.54) is 18.2 Å². The summed E-state index contributed by atoms with van der Waals surface area (Å²) >= 11 is 6.41. The molecule has 1 saturated carbocycles. The zero-order valence-electron chi connectivity index (χ0n) is 24.1. The predicted molar refractivity (Wildman–Crippen MR) is 158 cm³/mol. The first-order chi connectivity index (χ1) is 19.9. The highest BCUT2D eigenvalue weighted by atomic mass is 35.5. The van der Waals surface area contributed by atoms with E-state index < -0.39 is 0 Å². The van der Waals surface area contributed by atoms with E-state index in [9.17, 15) is 9.90 Å². The van der Waals surface area contributed by atoms with E-state index in [0.29, 0.717) is 30.6 Å². The lowest BCUT2D eigenvalue weighted by atomic mass is 9.67. The van der Waals surface area contributed by atoms with Crippen LogP contribution in [0.2, 0.25) is 5.02 Å². The summed E-state index contributed by atoms with van der Waals surface area (Å²) in [4.78, 5) is 15.0. The van der Waals surface area contributed by atoms with Crippen LogP contribution in [0.25, 0.3) is 0 Å². The molecule has 1 saturated heterocycles. The van der Waals surface area contributed by atoms with Gasteiger partial charge in [0, 0.05) is 36.6 Å². The van der Waals surface area contributed by atoms with E-state index in [4.69, 9.17) is 30.5 Å². The summed E-state index contributed by atoms with van der Waals surface area (Å²) in [5.41, 5.74) is 3.97. The van der Waals surface area contributed by atoms with Crippen molar-refractivity contribution < 1.29 is 28.8 Å². The fourth-order valence-electron chi connectivity index (χ4n) is 7.54. The van der Waals surface area contributed by atoms with Gasteiger partial charge in [-0.25, -0.2) is 4.79 Å². The molecule has 6 rings (SSSR count). The van der Waals surface area contributed by atoms with Gasteiger partial charge in [-0.15, -0.1) is 0 Å². The van der Waals surface area contributed by atoms with E-state index in [2.05, 4.69) is 17.0 Å². The first-order valence-corrected chi connectivity index (χ1v) is 15.5. The Morgan fingerprint density at radius 1 is 1.22 bits per heavy atom. The van der Waals surface area contributed by atoms with Crippen LogP contribution >= 0.6 is 11.6 Å². The van der Waals surface area contributed by atoms with Crippen molar-refractivity contribution >= 4 is 23.3 Å². The molecule has 0 radical (unpaired) electrons. The number of aliphatic hydroxyl groups is 1. The Kier molecular flexibility index (Phi) is 8.51. The van der Waals surface area contributed by atoms with Gasteiger partial charge in [0.1, 0.15) is 5.75 Å². The third-order valence-corrected chi connectivity index (χ3v) is 10.1. The van der Waals surface area contributed by atoms with Crippen molar-refractivity contribution in [3.8, 4) is 5.75 Å². The van der Waals surface area contributed by atoms with Crippen molar-refractivity contribution in [2.45, 2.75) is 75.6 Å². The number of ether oxygens (including phenoxy) is 4. The van der Waals surface area contributed by atoms with Crippen molar-refractivity contribution in [2.75, 3.05) is 44.9 Å². The molecule has 41 heavy (non-hydrogen) atoms. The van der Waals surface area contributed by atoms with Crippen LogP contribution in [0.15, 0.2) is 36.4 Å². The molecule has 2 heterocycles. The SMILES string of the molecule is COC(=O)c1ccc2c(c1)N(C[C@@H]1CC[C@H]1[C@H]1C[C@@H](O[C@@H](C)CO)CCO1)C[C@@]1(CCCc3cc(Cl)ccc31)CO2. The minimum atomic E-state index is -0.343. The smallest absolute Gasteiger partial charge is 0.337 e. The van der Waals surface area contributed by atoms with Crippen LogP contribution in [0.1, 0.15) is 66.9 Å². The Balaban J connectivity index is 1.28. The topological polar surface area (TPSA) is 77.5 Å². The highest BCUT2D eigenvalue weighted by Gasteiger charge is 2.45. The number of carbonyl (C=O) groups is 1. The molecule has 8 heteroatoms. The minimum Gasteiger partial charge on any atom is -0.490 e. The number of hydrogen-bond donors (Lipinski definition) is 1. The molecular formula is C33H42ClNO6. The fourth-order valence-corrected chi connectivity index (χ4v) is 7.74. The summed E-state index contributed by atoms with van der Waals surface area (Å²) in [6.45, 7) is 4.93. The summed E-state index contributed by atoms with van der Waals surface area (Å²) in [5.74, 6) is 1.39. The maximum atomic E-state index is 12.5. The second kappa shape index (κ2) is 12.1. The molecule has 4 aliphatic rings. The Bertz CT molecular complexity index is 1250. The summed E-state index contributed by atoms with van der Waals surface area (Å²) in [6.07, 6.45) is 7.32. The van der Waals surface area contributed by atoms with Crippen molar-refractivity contribution in [2.24, 2.45) is 11.8 Å². The van der Waals surface area contributed by atoms with Gasteiger partial charge in [-0.1, -0.05) is 17.7 Å². The Morgan fingerprint density at radius 2 is 2.10 bits per heavy atom. The summed E-state index contributed by atoms with van der Waals surface area (Å²) < 4.78 is 24.0. The Labute approximate surface area is 248 Å². The highest BCUT2D eigenvalue weighted by molar-refractivity contribution is 6.30. The standard InChI is InChI=1S/C33H42ClNO6/c1-21(18-36)41-26-11-13-39-31(16-26)27-8-5-24(27)17-35-19-33(12-3-4-22-14-25(34)7-9-28(22)33)20-40-30-10-6-23(15-29(30)35)32(37)38-2/h6-7,9-10,14-15,21,24,26-27,31,36H,3-5,8,11-13,16-20H2,1-2H3/t21-,24-,26-,27+,31+,33-/m0/s1. The molecule has 2 aliphatic heterocycles. The van der Waals surface area contributed by atoms with E-state index in [1.54, 1.807) is 6.07 Å². The molecule has 222 valence electrons. The van der Waals surface area contributed by atoms with Crippen LogP contribution in [-0.4, -0.2) is 69.4 Å². The average molecular weight is 584 g/mol. The number of carbonyl (C=O) groups excluding carboxylic acids is 1. The number of benzene rings is 2. The molecular weight excluding hydrogens is 542 g/mol. The third-order valence-electron chi connectivity index (χ3n) is 9.82. The molecule has 0 amide bonds. The molecule has 2 aromatic carbocycles. The lowest BCUT2D eigenvalue weighted by Gasteiger charge is -2.48. The van der Waals surface area contributed by atoms with Crippen molar-refractivity contribution in [1.29, 1.82) is 0 Å². The summed E-state index contributed by atoms with van der Waals surface area (Å²) in [5, 5.41) is 10.2. The maximum Gasteiger partial charge on any atom is 0.337 e. The Hall–Kier alpha value is -2.32. The largest absolute Gasteiger partial charge is 0.490 e. The van der Waals surface area contributed by atoms with Gasteiger partial charge in [-0.2, -0.15) is 0 Å². The van der Waals surface area contributed by atoms with Gasteiger partial charge in [-0.3, -0.25) is 0 Å². The van der Waals surface area contributed by atoms with Gasteiger partial charge >= 0.3 is 5.97 Å². The number of aliphatic hydroxyl groups excluding tert-OH is 1. The minimum absolute atomic E-state index is 0.0369. The Morgan fingerprint density at radius 3 is 2.88 bits per heavy atom. The maximum absolute atomic E-state index is 12.5. The molecule has 1 spiro atoms. The zero-order valence-corrected chi connectivity index (χ0v) is 24.9. The molecule has 2 aliphatic carbocycles. The number of hydrogen-bond acceptors (Lipinski definition) is 7. The summed E-state index contributed by atoms with van der Waals surface area (Å²) in [7, 11) is 1.42. The molecule has 0 bridgehead atoms. The third kappa shape index (κ3) is 5.83. The van der Waals surface area contributed by atoms with E-state index in [-0.39, 0.29) is 36.3 Å². The first-order valence-electron chi connectivity index (χ1n) is 15.2. The lowest BCUT2D eigenvalue weighted by molar-refractivity contribution is -0.134. The average Bonchev–Trinajstić information content (AvgIpc) is 3.11. The number of halogens is 1. The molecule has 2 fully saturated rings. The zero-order chi connectivity index (χ0) is 28.6. The number of fused-ring (bicyclic) bond motifs is 3. The number of nitrogens with zero attached hydrogens (tertiary/aromatic N) is 1. The molecule has 7 nitrogen and oxygen atoms in total. The number of rotatable bonds is 7. The highest BCUT2D eigenvalue weighted by Crippen LogP contribution is 2.47. The summed E-state index contributed by atoms with van der Waals surface area (Å²) in [6, 6.07) is 12.0. The number of esters is 1. The number of aryl methyl sites for hydroxylation is 1. The van der Waals surface area contributed by atoms with Crippen LogP contribution in [0.3, 0.4) is 0 Å². The fraction of sp³-hybridized carbons (Fsp3) is 0.606. The van der Waals surface area contributed by atoms with Gasteiger partial charge in [0.05, 0.1) is 49.9 Å². The number of anilines is 1. The van der Waals surface area contributed by atoms with E-state index in [0.717, 1.165) is 74.5 Å². The van der Waals surface area contributed by atoms with Crippen LogP contribution in [-0.2, 0) is 26.0 Å². The predicted octanol–water partition coefficient (Wildman–Crippen LogP) is 5.57. The second-order valence-corrected chi connectivity index (χ2v) is 12.9. The van der Waals surface area contributed by atoms with Gasteiger partial charge in [0.15, 0.2) is 0 Å². The number of methoxy groups -OCH3 is 1. The van der Waals surface area contributed by atoms with Gasteiger partial charge < -0.3 is 29.0 Å². The molecule has 6 atom stereocenters. The van der Waals surface area contributed by atoms with Crippen molar-refractivity contribution in [3.05, 3.63) is 58.1 Å². The second-order valence-electron chi connectivity index (χ2n) is 12.5. The lowest BCUT2D eigenvalue weighted by Crippen LogP contribution is -2.51. The van der Waals surface area contributed by atoms with E-state index in [1.807, 2.05) is 25.1 Å². The van der Waals surface area contributed by atoms with Crippen LogP contribution in [0.4, 0.5) is 5.69 Å². The first kappa shape index (κ1) is 28.8. The molecule has 1 N–H and O–H groups in total.